The average molecular weight is 267 g/mol. The number of nitrogens with one attached hydrogen (secondary N) is 1. The maximum atomic E-state index is 10.5. The van der Waals surface area contributed by atoms with Crippen LogP contribution in [0.1, 0.15) is 13.0 Å². The summed E-state index contributed by atoms with van der Waals surface area (Å²) in [5.74, 6) is 0. The van der Waals surface area contributed by atoms with Gasteiger partial charge in [0.25, 0.3) is 0 Å². The number of hydrogen-bond acceptors (Lipinski definition) is 4. The molecule has 0 unspecified atom stereocenters. The second-order valence-corrected chi connectivity index (χ2v) is 5.20. The summed E-state index contributed by atoms with van der Waals surface area (Å²) in [5.41, 5.74) is 0.817. The first-order valence-corrected chi connectivity index (χ1v) is 6.84. The van der Waals surface area contributed by atoms with Crippen LogP contribution in [0.3, 0.4) is 0 Å². The Morgan fingerprint density at radius 1 is 1.39 bits per heavy atom. The molecule has 1 aromatic heterocycles. The van der Waals surface area contributed by atoms with Crippen molar-refractivity contribution in [2.45, 2.75) is 13.0 Å². The monoisotopic (exact) mass is 267 g/mol. The third-order valence-corrected chi connectivity index (χ3v) is 3.09. The first-order valence-electron chi connectivity index (χ1n) is 5.43. The summed E-state index contributed by atoms with van der Waals surface area (Å²) in [5, 5.41) is 5.36. The molecule has 1 heterocycles. The van der Waals surface area contributed by atoms with Gasteiger partial charge in [-0.05, 0) is 6.07 Å². The smallest absolute Gasteiger partial charge is 0.197 e. The number of fused-ring (bicyclic) bond motifs is 1. The van der Waals surface area contributed by atoms with Crippen LogP contribution in [0, 0.1) is 0 Å². The van der Waals surface area contributed by atoms with E-state index in [2.05, 4.69) is 5.10 Å². The molecule has 1 N–H and O–H groups in total. The Balaban J connectivity index is 2.20. The highest BCUT2D eigenvalue weighted by atomic mass is 32.2. The van der Waals surface area contributed by atoms with Gasteiger partial charge in [0, 0.05) is 23.5 Å². The lowest BCUT2D eigenvalue weighted by atomic mass is 10.2. The van der Waals surface area contributed by atoms with Gasteiger partial charge < -0.3 is 4.55 Å². The van der Waals surface area contributed by atoms with Crippen LogP contribution in [0.5, 0.6) is 0 Å². The van der Waals surface area contributed by atoms with Gasteiger partial charge in [-0.3, -0.25) is 0 Å². The fraction of sp³-hybridized carbons (Fsp3) is 0.273. The Morgan fingerprint density at radius 2 is 2.11 bits per heavy atom. The third kappa shape index (κ3) is 3.22. The summed E-state index contributed by atoms with van der Waals surface area (Å²) in [6.07, 6.45) is 1.76. The van der Waals surface area contributed by atoms with Crippen LogP contribution in [0.25, 0.3) is 10.9 Å². The first kappa shape index (κ1) is 12.9. The van der Waals surface area contributed by atoms with E-state index in [4.69, 9.17) is 0 Å². The first-order chi connectivity index (χ1) is 8.46. The highest BCUT2D eigenvalue weighted by Gasteiger charge is 2.15. The second-order valence-electron chi connectivity index (χ2n) is 4.01. The van der Waals surface area contributed by atoms with Crippen LogP contribution in [0.2, 0.25) is 0 Å². The summed E-state index contributed by atoms with van der Waals surface area (Å²) >= 11 is 0. The average Bonchev–Trinajstić information content (AvgIpc) is 2.34. The predicted molar refractivity (Wildman–Crippen MR) is 64.3 cm³/mol. The quantitative estimate of drug-likeness (QED) is 0.630. The van der Waals surface area contributed by atoms with Crippen molar-refractivity contribution < 1.29 is 17.7 Å². The van der Waals surface area contributed by atoms with Crippen molar-refractivity contribution in [3.05, 3.63) is 36.5 Å². The van der Waals surface area contributed by atoms with E-state index in [1.807, 2.05) is 35.1 Å². The van der Waals surface area contributed by atoms with E-state index >= 15 is 0 Å². The van der Waals surface area contributed by atoms with Crippen LogP contribution < -0.4 is 9.40 Å². The van der Waals surface area contributed by atoms with Crippen LogP contribution in [0.4, 0.5) is 0 Å². The maximum Gasteiger partial charge on any atom is 0.197 e. The Hall–Kier alpha value is -1.57. The fourth-order valence-electron chi connectivity index (χ4n) is 1.60. The zero-order chi connectivity index (χ0) is 13.2. The molecule has 0 aliphatic carbocycles. The minimum atomic E-state index is -4.41. The predicted octanol–water partition coefficient (Wildman–Crippen LogP) is 0.133. The van der Waals surface area contributed by atoms with Gasteiger partial charge in [0.05, 0.1) is 6.54 Å². The van der Waals surface area contributed by atoms with Gasteiger partial charge in [0.15, 0.2) is 22.5 Å². The van der Waals surface area contributed by atoms with E-state index < -0.39 is 10.3 Å². The standard InChI is InChI=1S/C11H13N3O3S/c1-9(8-12-18(15,16)17)14-7-6-10-4-2-3-5-11(10)13-14/h2-7,9,12H,8H2,1H3/t9-/m0/s1. The molecule has 0 radical (unpaired) electrons. The van der Waals surface area contributed by atoms with Gasteiger partial charge in [-0.1, -0.05) is 22.9 Å². The van der Waals surface area contributed by atoms with Crippen molar-refractivity contribution in [3.8, 4) is 0 Å². The molecule has 2 aromatic rings. The molecule has 0 bridgehead atoms. The Morgan fingerprint density at radius 3 is 2.83 bits per heavy atom. The summed E-state index contributed by atoms with van der Waals surface area (Å²) < 4.78 is 35.0. The van der Waals surface area contributed by atoms with E-state index in [9.17, 15) is 13.0 Å². The molecule has 0 spiro atoms. The fourth-order valence-corrected chi connectivity index (χ4v) is 2.04. The molecule has 6 nitrogen and oxygen atoms in total. The van der Waals surface area contributed by atoms with Crippen molar-refractivity contribution in [2.75, 3.05) is 6.54 Å². The van der Waals surface area contributed by atoms with E-state index in [1.165, 1.54) is 0 Å². The molecule has 96 valence electrons. The highest BCUT2D eigenvalue weighted by Crippen LogP contribution is 2.07. The number of aromatic nitrogens is 2. The highest BCUT2D eigenvalue weighted by molar-refractivity contribution is 7.83. The summed E-state index contributed by atoms with van der Waals surface area (Å²) in [6, 6.07) is 9.27. The van der Waals surface area contributed by atoms with Crippen LogP contribution >= 0.6 is 0 Å². The van der Waals surface area contributed by atoms with Crippen molar-refractivity contribution >= 4 is 21.2 Å². The van der Waals surface area contributed by atoms with E-state index in [1.54, 1.807) is 17.8 Å². The van der Waals surface area contributed by atoms with Gasteiger partial charge in [-0.2, -0.15) is 0 Å². The number of hydrogen-bond donors (Lipinski definition) is 1. The molecule has 0 saturated heterocycles. The molecular formula is C11H13N3O3S. The maximum absolute atomic E-state index is 10.5. The Kier molecular flexibility index (Phi) is 3.55. The number of rotatable bonds is 4. The lowest BCUT2D eigenvalue weighted by Gasteiger charge is -2.10. The SMILES string of the molecule is C[C@@H](CNS(=O)(=O)[O-])[n+]1ccc2ccccc2n1. The number of nitrogens with zero attached hydrogens (tertiary/aromatic N) is 2. The van der Waals surface area contributed by atoms with E-state index in [-0.39, 0.29) is 12.6 Å². The van der Waals surface area contributed by atoms with Crippen LogP contribution in [-0.4, -0.2) is 24.6 Å². The van der Waals surface area contributed by atoms with Crippen molar-refractivity contribution in [1.82, 2.24) is 9.82 Å². The van der Waals surface area contributed by atoms with E-state index in [0.717, 1.165) is 10.9 Å². The second kappa shape index (κ2) is 4.97. The third-order valence-electron chi connectivity index (χ3n) is 2.57. The molecule has 0 amide bonds. The zero-order valence-corrected chi connectivity index (χ0v) is 10.6. The molecule has 1 atom stereocenters. The van der Waals surface area contributed by atoms with Gasteiger partial charge in [0.1, 0.15) is 5.52 Å². The molecular weight excluding hydrogens is 254 g/mol. The van der Waals surface area contributed by atoms with Crippen LogP contribution in [-0.2, 0) is 10.3 Å². The van der Waals surface area contributed by atoms with Gasteiger partial charge in [-0.25, -0.2) is 13.1 Å². The normalized spacial score (nSPS) is 13.7. The van der Waals surface area contributed by atoms with Crippen molar-refractivity contribution in [3.63, 3.8) is 0 Å². The Bertz CT molecular complexity index is 657. The minimum absolute atomic E-state index is 0.0157. The van der Waals surface area contributed by atoms with Gasteiger partial charge in [0.2, 0.25) is 0 Å². The number of benzene rings is 1. The summed E-state index contributed by atoms with van der Waals surface area (Å²) in [4.78, 5) is 0. The topological polar surface area (TPSA) is 86.0 Å². The molecule has 2 rings (SSSR count). The lowest BCUT2D eigenvalue weighted by Crippen LogP contribution is -2.46. The van der Waals surface area contributed by atoms with Gasteiger partial charge >= 0.3 is 0 Å². The molecule has 18 heavy (non-hydrogen) atoms. The van der Waals surface area contributed by atoms with Crippen molar-refractivity contribution in [2.24, 2.45) is 0 Å². The minimum Gasteiger partial charge on any atom is -0.735 e. The molecule has 0 aliphatic heterocycles. The van der Waals surface area contributed by atoms with Gasteiger partial charge in [-0.15, -0.1) is 0 Å². The lowest BCUT2D eigenvalue weighted by molar-refractivity contribution is -0.770. The molecule has 0 aliphatic rings. The largest absolute Gasteiger partial charge is 0.735 e. The molecule has 0 fully saturated rings. The molecule has 1 aromatic carbocycles. The molecule has 0 saturated carbocycles. The summed E-state index contributed by atoms with van der Waals surface area (Å²) in [6.45, 7) is 1.79. The van der Waals surface area contributed by atoms with Crippen molar-refractivity contribution in [1.29, 1.82) is 0 Å². The van der Waals surface area contributed by atoms with E-state index in [0.29, 0.717) is 0 Å². The van der Waals surface area contributed by atoms with Crippen LogP contribution in [0.15, 0.2) is 36.5 Å². The molecule has 7 heteroatoms. The zero-order valence-electron chi connectivity index (χ0n) is 9.78. The summed E-state index contributed by atoms with van der Waals surface area (Å²) in [7, 11) is -4.41. The Labute approximate surface area is 105 Å².